The molecule has 0 saturated carbocycles. The highest BCUT2D eigenvalue weighted by atomic mass is 32.3. The van der Waals surface area contributed by atoms with Crippen LogP contribution in [0.25, 0.3) is 0 Å². The van der Waals surface area contributed by atoms with Crippen molar-refractivity contribution in [3.63, 3.8) is 0 Å². The lowest BCUT2D eigenvalue weighted by Crippen LogP contribution is -2.33. The predicted molar refractivity (Wildman–Crippen MR) is 83.6 cm³/mol. The molecule has 9 heteroatoms. The maximum Gasteiger partial charge on any atom is 0.308 e. The van der Waals surface area contributed by atoms with E-state index in [2.05, 4.69) is 4.18 Å². The van der Waals surface area contributed by atoms with Crippen LogP contribution in [0.2, 0.25) is 0 Å². The molecule has 0 radical (unpaired) electrons. The molecule has 0 saturated heterocycles. The van der Waals surface area contributed by atoms with Gasteiger partial charge in [-0.1, -0.05) is 20.8 Å². The fourth-order valence-corrected chi connectivity index (χ4v) is 1.99. The minimum atomic E-state index is -4.65. The van der Waals surface area contributed by atoms with Crippen molar-refractivity contribution in [1.29, 1.82) is 0 Å². The van der Waals surface area contributed by atoms with Crippen LogP contribution in [0.1, 0.15) is 33.6 Å². The Morgan fingerprint density at radius 3 is 2.30 bits per heavy atom. The molecule has 138 valence electrons. The second-order valence-corrected chi connectivity index (χ2v) is 6.41. The van der Waals surface area contributed by atoms with Gasteiger partial charge in [-0.05, 0) is 12.8 Å². The van der Waals surface area contributed by atoms with E-state index in [1.165, 1.54) is 0 Å². The van der Waals surface area contributed by atoms with Crippen LogP contribution in [0.3, 0.4) is 0 Å². The lowest BCUT2D eigenvalue weighted by molar-refractivity contribution is -0.147. The molecule has 0 unspecified atom stereocenters. The summed E-state index contributed by atoms with van der Waals surface area (Å²) in [5.41, 5.74) is 0. The van der Waals surface area contributed by atoms with Crippen molar-refractivity contribution >= 4 is 16.4 Å². The number of esters is 1. The Bertz CT molecular complexity index is 411. The van der Waals surface area contributed by atoms with E-state index in [9.17, 15) is 17.8 Å². The van der Waals surface area contributed by atoms with Gasteiger partial charge in [0.25, 0.3) is 0 Å². The molecule has 0 rings (SSSR count). The smallest absolute Gasteiger partial charge is 0.308 e. The number of hydrogen-bond donors (Lipinski definition) is 0. The van der Waals surface area contributed by atoms with Gasteiger partial charge in [-0.2, -0.15) is 0 Å². The molecule has 8 nitrogen and oxygen atoms in total. The number of carbonyl (C=O) groups excluding carboxylic acids is 1. The molecule has 0 spiro atoms. The molecule has 0 aromatic carbocycles. The summed E-state index contributed by atoms with van der Waals surface area (Å²) >= 11 is 0. The molecule has 0 heterocycles. The van der Waals surface area contributed by atoms with Crippen LogP contribution in [0.15, 0.2) is 0 Å². The van der Waals surface area contributed by atoms with Crippen molar-refractivity contribution in [3.8, 4) is 0 Å². The van der Waals surface area contributed by atoms with E-state index in [0.717, 1.165) is 6.42 Å². The van der Waals surface area contributed by atoms with E-state index in [1.54, 1.807) is 13.8 Å². The third kappa shape index (κ3) is 14.6. The summed E-state index contributed by atoms with van der Waals surface area (Å²) in [5, 5.41) is 0. The van der Waals surface area contributed by atoms with Crippen LogP contribution >= 0.6 is 0 Å². The van der Waals surface area contributed by atoms with Crippen molar-refractivity contribution < 1.29 is 31.4 Å². The molecule has 0 atom stereocenters. The first kappa shape index (κ1) is 22.3. The highest BCUT2D eigenvalue weighted by Crippen LogP contribution is 1.99. The molecule has 0 aliphatic rings. The summed E-state index contributed by atoms with van der Waals surface area (Å²) < 4.78 is 45.8. The maximum absolute atomic E-state index is 11.4. The van der Waals surface area contributed by atoms with Crippen molar-refractivity contribution in [2.75, 3.05) is 46.1 Å². The van der Waals surface area contributed by atoms with Gasteiger partial charge >= 0.3 is 5.97 Å². The molecule has 23 heavy (non-hydrogen) atoms. The first-order valence-corrected chi connectivity index (χ1v) is 9.16. The van der Waals surface area contributed by atoms with Gasteiger partial charge in [0.1, 0.15) is 6.61 Å². The Balaban J connectivity index is 4.09. The van der Waals surface area contributed by atoms with E-state index in [0.29, 0.717) is 39.3 Å². The zero-order valence-corrected chi connectivity index (χ0v) is 15.0. The molecule has 0 aliphatic carbocycles. The lowest BCUT2D eigenvalue weighted by atomic mass is 10.2. The molecule has 0 aromatic heterocycles. The topological polar surface area (TPSA) is 105 Å². The zero-order valence-electron chi connectivity index (χ0n) is 14.2. The van der Waals surface area contributed by atoms with E-state index >= 15 is 0 Å². The van der Waals surface area contributed by atoms with E-state index in [-0.39, 0.29) is 25.1 Å². The number of hydrogen-bond acceptors (Lipinski definition) is 8. The molecular weight excluding hydrogens is 326 g/mol. The third-order valence-corrected chi connectivity index (χ3v) is 3.33. The Hall–Kier alpha value is -0.740. The number of ether oxygens (including phenoxy) is 2. The summed E-state index contributed by atoms with van der Waals surface area (Å²) in [6, 6.07) is 0. The standard InChI is InChI=1S/C14H29NO7S/c1-4-9-20-11-7-15(6-5-10-22-23(17,18)19)8-12-21-14(16)13(2)3/h13H,4-12H2,1-3H3,(H,17,18,19)/p-1. The van der Waals surface area contributed by atoms with Crippen molar-refractivity contribution in [1.82, 2.24) is 4.90 Å². The molecule has 0 fully saturated rings. The Morgan fingerprint density at radius 2 is 1.74 bits per heavy atom. The third-order valence-electron chi connectivity index (χ3n) is 2.87. The maximum atomic E-state index is 11.4. The quantitative estimate of drug-likeness (QED) is 0.195. The number of carbonyl (C=O) groups is 1. The van der Waals surface area contributed by atoms with Gasteiger partial charge in [-0.25, -0.2) is 8.42 Å². The molecule has 0 bridgehead atoms. The predicted octanol–water partition coefficient (Wildman–Crippen LogP) is 0.781. The molecule has 0 amide bonds. The van der Waals surface area contributed by atoms with Crippen LogP contribution in [0.4, 0.5) is 0 Å². The van der Waals surface area contributed by atoms with Gasteiger partial charge in [0.05, 0.1) is 19.1 Å². The van der Waals surface area contributed by atoms with Gasteiger partial charge in [-0.3, -0.25) is 13.9 Å². The summed E-state index contributed by atoms with van der Waals surface area (Å²) in [7, 11) is -4.65. The summed E-state index contributed by atoms with van der Waals surface area (Å²) in [4.78, 5) is 13.4. The molecule has 0 N–H and O–H groups in total. The fourth-order valence-electron chi connectivity index (χ4n) is 1.67. The first-order valence-electron chi connectivity index (χ1n) is 7.83. The highest BCUT2D eigenvalue weighted by Gasteiger charge is 2.10. The second kappa shape index (κ2) is 12.7. The minimum Gasteiger partial charge on any atom is -0.726 e. The molecule has 0 aliphatic heterocycles. The Labute approximate surface area is 139 Å². The van der Waals surface area contributed by atoms with Gasteiger partial charge in [0, 0.05) is 26.2 Å². The minimum absolute atomic E-state index is 0.163. The van der Waals surface area contributed by atoms with Crippen LogP contribution in [0, 0.1) is 5.92 Å². The van der Waals surface area contributed by atoms with Gasteiger partial charge in [0.2, 0.25) is 10.4 Å². The lowest BCUT2D eigenvalue weighted by Gasteiger charge is -2.22. The van der Waals surface area contributed by atoms with Crippen molar-refractivity contribution in [3.05, 3.63) is 0 Å². The fraction of sp³-hybridized carbons (Fsp3) is 0.929. The Morgan fingerprint density at radius 1 is 1.09 bits per heavy atom. The summed E-state index contributed by atoms with van der Waals surface area (Å²) in [6.45, 7) is 8.50. The normalized spacial score (nSPS) is 12.1. The summed E-state index contributed by atoms with van der Waals surface area (Å²) in [6.07, 6.45) is 1.31. The second-order valence-electron chi connectivity index (χ2n) is 5.36. The van der Waals surface area contributed by atoms with Crippen LogP contribution in [-0.4, -0.2) is 69.9 Å². The van der Waals surface area contributed by atoms with Gasteiger partial charge < -0.3 is 14.0 Å². The van der Waals surface area contributed by atoms with Gasteiger partial charge in [0.15, 0.2) is 0 Å². The van der Waals surface area contributed by atoms with Crippen LogP contribution < -0.4 is 0 Å². The Kier molecular flexibility index (Phi) is 12.2. The van der Waals surface area contributed by atoms with Crippen LogP contribution in [0.5, 0.6) is 0 Å². The van der Waals surface area contributed by atoms with Crippen molar-refractivity contribution in [2.24, 2.45) is 5.92 Å². The van der Waals surface area contributed by atoms with Crippen molar-refractivity contribution in [2.45, 2.75) is 33.6 Å². The first-order chi connectivity index (χ1) is 10.8. The van der Waals surface area contributed by atoms with E-state index < -0.39 is 10.4 Å². The zero-order chi connectivity index (χ0) is 17.7. The monoisotopic (exact) mass is 354 g/mol. The van der Waals surface area contributed by atoms with Crippen LogP contribution in [-0.2, 0) is 28.9 Å². The van der Waals surface area contributed by atoms with E-state index in [4.69, 9.17) is 9.47 Å². The largest absolute Gasteiger partial charge is 0.726 e. The summed E-state index contributed by atoms with van der Waals surface area (Å²) in [5.74, 6) is -0.431. The SMILES string of the molecule is CCCOCCN(CCCOS(=O)(=O)[O-])CCOC(=O)C(C)C. The number of rotatable bonds is 14. The average Bonchev–Trinajstić information content (AvgIpc) is 2.45. The van der Waals surface area contributed by atoms with E-state index in [1.807, 2.05) is 11.8 Å². The molecule has 0 aromatic rings. The highest BCUT2D eigenvalue weighted by molar-refractivity contribution is 7.80. The molecular formula is C14H28NO7S-. The van der Waals surface area contributed by atoms with Gasteiger partial charge in [-0.15, -0.1) is 0 Å². The average molecular weight is 354 g/mol. The number of nitrogens with zero attached hydrogens (tertiary/aromatic N) is 1.